The van der Waals surface area contributed by atoms with Crippen LogP contribution in [0, 0.1) is 11.8 Å². The Bertz CT molecular complexity index is 1520. The summed E-state index contributed by atoms with van der Waals surface area (Å²) in [5.41, 5.74) is 2.88. The molecule has 10 heteroatoms. The van der Waals surface area contributed by atoms with E-state index in [2.05, 4.69) is 27.0 Å². The molecule has 2 saturated heterocycles. The molecule has 2 fully saturated rings. The maximum absolute atomic E-state index is 13.7. The molecule has 1 aromatic heterocycles. The zero-order valence-corrected chi connectivity index (χ0v) is 23.1. The highest BCUT2D eigenvalue weighted by Crippen LogP contribution is 2.20. The zero-order valence-electron chi connectivity index (χ0n) is 22.3. The number of alkyl carbamates (subject to hydrolysis) is 1. The highest BCUT2D eigenvalue weighted by Gasteiger charge is 2.22. The number of nitrogens with one attached hydrogen (secondary N) is 2. The number of rotatable bonds is 7. The van der Waals surface area contributed by atoms with Crippen LogP contribution in [0.15, 0.2) is 47.4 Å². The smallest absolute Gasteiger partial charge is 0.407 e. The van der Waals surface area contributed by atoms with Gasteiger partial charge >= 0.3 is 6.09 Å². The molecule has 5 rings (SSSR count). The third kappa shape index (κ3) is 6.65. The molecule has 9 nitrogen and oxygen atoms in total. The van der Waals surface area contributed by atoms with Crippen LogP contribution in [0.1, 0.15) is 39.9 Å². The van der Waals surface area contributed by atoms with E-state index in [1.807, 2.05) is 24.3 Å². The maximum Gasteiger partial charge on any atom is 0.407 e. The van der Waals surface area contributed by atoms with Crippen molar-refractivity contribution in [2.24, 2.45) is 0 Å². The topological polar surface area (TPSA) is 104 Å². The Kier molecular flexibility index (Phi) is 8.70. The summed E-state index contributed by atoms with van der Waals surface area (Å²) in [6, 6.07) is 11.1. The minimum absolute atomic E-state index is 0.0514. The number of morpholine rings is 1. The van der Waals surface area contributed by atoms with E-state index >= 15 is 0 Å². The second-order valence-electron chi connectivity index (χ2n) is 10.1. The quantitative estimate of drug-likeness (QED) is 0.427. The molecular weight excluding hydrogens is 532 g/mol. The number of aromatic nitrogens is 1. The number of carbonyl (C=O) groups excluding carboxylic acids is 2. The first-order valence-electron chi connectivity index (χ1n) is 13.3. The fraction of sp³-hybridized carbons (Fsp3) is 0.367. The van der Waals surface area contributed by atoms with E-state index in [9.17, 15) is 14.4 Å². The number of halogens is 1. The number of carbonyl (C=O) groups is 2. The fourth-order valence-electron chi connectivity index (χ4n) is 4.88. The molecule has 3 aromatic rings. The minimum Gasteiger partial charge on any atom is -0.447 e. The van der Waals surface area contributed by atoms with Crippen molar-refractivity contribution in [3.8, 4) is 11.8 Å². The summed E-state index contributed by atoms with van der Waals surface area (Å²) in [4.78, 5) is 45.2. The highest BCUT2D eigenvalue weighted by molar-refractivity contribution is 6.30. The molecule has 2 amide bonds. The van der Waals surface area contributed by atoms with Crippen molar-refractivity contribution in [3.05, 3.63) is 80.1 Å². The molecule has 0 spiro atoms. The second-order valence-corrected chi connectivity index (χ2v) is 10.5. The van der Waals surface area contributed by atoms with Crippen LogP contribution in [-0.2, 0) is 22.6 Å². The lowest BCUT2D eigenvalue weighted by Gasteiger charge is -2.26. The molecule has 2 aliphatic rings. The van der Waals surface area contributed by atoms with Crippen molar-refractivity contribution in [1.29, 1.82) is 0 Å². The van der Waals surface area contributed by atoms with Crippen LogP contribution in [0.5, 0.6) is 0 Å². The molecule has 1 atom stereocenters. The molecule has 3 heterocycles. The molecular formula is C30H31ClN4O5. The van der Waals surface area contributed by atoms with Crippen LogP contribution in [0.4, 0.5) is 4.79 Å². The van der Waals surface area contributed by atoms with Gasteiger partial charge in [-0.1, -0.05) is 35.6 Å². The number of nitrogens with zero attached hydrogens (tertiary/aromatic N) is 2. The van der Waals surface area contributed by atoms with Gasteiger partial charge in [-0.25, -0.2) is 4.79 Å². The first-order chi connectivity index (χ1) is 19.4. The molecule has 0 saturated carbocycles. The van der Waals surface area contributed by atoms with E-state index in [-0.39, 0.29) is 22.9 Å². The summed E-state index contributed by atoms with van der Waals surface area (Å²) < 4.78 is 10.4. The normalized spacial score (nSPS) is 17.1. The summed E-state index contributed by atoms with van der Waals surface area (Å²) in [5, 5.41) is 3.80. The van der Waals surface area contributed by atoms with Crippen LogP contribution >= 0.6 is 11.6 Å². The van der Waals surface area contributed by atoms with Gasteiger partial charge in [0, 0.05) is 61.8 Å². The number of fused-ring (bicyclic) bond motifs is 1. The van der Waals surface area contributed by atoms with E-state index in [1.165, 1.54) is 11.1 Å². The number of hydrogen-bond acceptors (Lipinski definition) is 6. The van der Waals surface area contributed by atoms with Gasteiger partial charge in [0.2, 0.25) is 5.43 Å². The van der Waals surface area contributed by atoms with Gasteiger partial charge in [0.1, 0.15) is 12.2 Å². The number of H-pyrrole nitrogens is 1. The van der Waals surface area contributed by atoms with Gasteiger partial charge in [-0.2, -0.15) is 0 Å². The van der Waals surface area contributed by atoms with Gasteiger partial charge in [0.15, 0.2) is 0 Å². The summed E-state index contributed by atoms with van der Waals surface area (Å²) in [6.45, 7) is 4.27. The molecule has 0 aliphatic carbocycles. The molecule has 208 valence electrons. The molecule has 2 N–H and O–H groups in total. The largest absolute Gasteiger partial charge is 0.447 e. The summed E-state index contributed by atoms with van der Waals surface area (Å²) >= 11 is 5.98. The van der Waals surface area contributed by atoms with Crippen LogP contribution in [0.2, 0.25) is 5.02 Å². The van der Waals surface area contributed by atoms with Crippen molar-refractivity contribution < 1.29 is 19.1 Å². The summed E-state index contributed by atoms with van der Waals surface area (Å²) in [7, 11) is 1.67. The number of amides is 2. The molecule has 40 heavy (non-hydrogen) atoms. The predicted molar refractivity (Wildman–Crippen MR) is 152 cm³/mol. The Morgan fingerprint density at radius 2 is 1.93 bits per heavy atom. The third-order valence-corrected chi connectivity index (χ3v) is 7.30. The maximum atomic E-state index is 13.7. The molecule has 0 unspecified atom stereocenters. The number of pyridine rings is 1. The Labute approximate surface area is 237 Å². The predicted octanol–water partition coefficient (Wildman–Crippen LogP) is 3.53. The van der Waals surface area contributed by atoms with Crippen molar-refractivity contribution >= 4 is 34.5 Å². The van der Waals surface area contributed by atoms with Gasteiger partial charge in [-0.3, -0.25) is 14.5 Å². The Morgan fingerprint density at radius 1 is 1.15 bits per heavy atom. The molecule has 2 aliphatic heterocycles. The third-order valence-electron chi connectivity index (χ3n) is 7.05. The van der Waals surface area contributed by atoms with Gasteiger partial charge in [-0.05, 0) is 41.8 Å². The van der Waals surface area contributed by atoms with Crippen molar-refractivity contribution in [1.82, 2.24) is 20.1 Å². The van der Waals surface area contributed by atoms with Crippen molar-refractivity contribution in [3.63, 3.8) is 0 Å². The van der Waals surface area contributed by atoms with Gasteiger partial charge in [0.05, 0.1) is 24.8 Å². The minimum atomic E-state index is -0.401. The fourth-order valence-corrected chi connectivity index (χ4v) is 5.01. The lowest BCUT2D eigenvalue weighted by Crippen LogP contribution is -2.35. The molecule has 0 bridgehead atoms. The van der Waals surface area contributed by atoms with E-state index < -0.39 is 6.09 Å². The van der Waals surface area contributed by atoms with Gasteiger partial charge in [-0.15, -0.1) is 0 Å². The monoisotopic (exact) mass is 562 g/mol. The summed E-state index contributed by atoms with van der Waals surface area (Å²) in [6.07, 6.45) is 2.30. The standard InChI is InChI=1S/C30H31ClN4O5/c1-34(17-20-6-8-23(31)9-7-20)29(37)26-16-32-27-22(4-2-3-5-24-19-40-30(38)33-24)14-21(15-25(27)28(26)36)18-35-10-12-39-13-11-35/h6-9,14-16,24H,3,5,10-13,17-19H2,1H3,(H,32,36)(H,33,38)/t24-/m1/s1. The Morgan fingerprint density at radius 3 is 2.65 bits per heavy atom. The van der Waals surface area contributed by atoms with Crippen LogP contribution in [-0.4, -0.2) is 72.8 Å². The van der Waals surface area contributed by atoms with Crippen LogP contribution in [0.25, 0.3) is 10.9 Å². The first-order valence-corrected chi connectivity index (χ1v) is 13.7. The van der Waals surface area contributed by atoms with E-state index in [1.54, 1.807) is 19.2 Å². The average molecular weight is 563 g/mol. The zero-order chi connectivity index (χ0) is 28.1. The van der Waals surface area contributed by atoms with Crippen molar-refractivity contribution in [2.75, 3.05) is 40.0 Å². The molecule has 2 aromatic carbocycles. The number of cyclic esters (lactones) is 1. The number of ether oxygens (including phenoxy) is 2. The SMILES string of the molecule is CN(Cc1ccc(Cl)cc1)C(=O)c1c[nH]c2c(C#CCC[C@@H]3COC(=O)N3)cc(CN3CCOCC3)cc2c1=O. The number of benzene rings is 2. The highest BCUT2D eigenvalue weighted by atomic mass is 35.5. The van der Waals surface area contributed by atoms with Crippen LogP contribution < -0.4 is 10.7 Å². The van der Waals surface area contributed by atoms with E-state index in [4.69, 9.17) is 21.1 Å². The second kappa shape index (κ2) is 12.6. The van der Waals surface area contributed by atoms with E-state index in [0.717, 1.165) is 24.2 Å². The molecule has 0 radical (unpaired) electrons. The number of aromatic amines is 1. The van der Waals surface area contributed by atoms with E-state index in [0.29, 0.717) is 67.2 Å². The van der Waals surface area contributed by atoms with Crippen LogP contribution in [0.3, 0.4) is 0 Å². The summed E-state index contributed by atoms with van der Waals surface area (Å²) in [5.74, 6) is 6.02. The van der Waals surface area contributed by atoms with Gasteiger partial charge in [0.25, 0.3) is 5.91 Å². The lowest BCUT2D eigenvalue weighted by atomic mass is 10.0. The van der Waals surface area contributed by atoms with Gasteiger partial charge < -0.3 is 24.7 Å². The Hall–Kier alpha value is -3.84. The number of hydrogen-bond donors (Lipinski definition) is 2. The first kappa shape index (κ1) is 27.7. The Balaban J connectivity index is 1.43. The van der Waals surface area contributed by atoms with Crippen molar-refractivity contribution in [2.45, 2.75) is 32.0 Å². The average Bonchev–Trinajstić information content (AvgIpc) is 3.37. The lowest BCUT2D eigenvalue weighted by molar-refractivity contribution is 0.0342.